The van der Waals surface area contributed by atoms with Crippen LogP contribution in [0.2, 0.25) is 0 Å². The van der Waals surface area contributed by atoms with Crippen molar-refractivity contribution in [3.63, 3.8) is 0 Å². The van der Waals surface area contributed by atoms with E-state index in [2.05, 4.69) is 26.2 Å². The predicted octanol–water partition coefficient (Wildman–Crippen LogP) is 0.362. The molecule has 6 heteroatoms. The first-order valence-electron chi connectivity index (χ1n) is 4.59. The van der Waals surface area contributed by atoms with Gasteiger partial charge in [-0.2, -0.15) is 0 Å². The van der Waals surface area contributed by atoms with Crippen LogP contribution in [0.25, 0.3) is 0 Å². The minimum atomic E-state index is 0.00497. The molecule has 1 aromatic heterocycles. The maximum Gasteiger partial charge on any atom is 0.239 e. The first-order valence-corrected chi connectivity index (χ1v) is 5.39. The molecule has 1 aliphatic heterocycles. The average Bonchev–Trinajstić information content (AvgIpc) is 2.17. The first kappa shape index (κ1) is 10.2. The summed E-state index contributed by atoms with van der Waals surface area (Å²) in [6.45, 7) is 1.69. The van der Waals surface area contributed by atoms with Gasteiger partial charge in [0.15, 0.2) is 5.82 Å². The van der Waals surface area contributed by atoms with Gasteiger partial charge in [-0.1, -0.05) is 0 Å². The van der Waals surface area contributed by atoms with Gasteiger partial charge in [0, 0.05) is 23.8 Å². The number of carbonyl (C=O) groups is 1. The van der Waals surface area contributed by atoms with Crippen molar-refractivity contribution in [2.24, 2.45) is 0 Å². The molecule has 0 aromatic carbocycles. The van der Waals surface area contributed by atoms with Crippen LogP contribution in [0.4, 0.5) is 11.5 Å². The molecule has 0 spiro atoms. The summed E-state index contributed by atoms with van der Waals surface area (Å²) in [6, 6.07) is 1.79. The summed E-state index contributed by atoms with van der Waals surface area (Å²) < 4.78 is 0.838. The lowest BCUT2D eigenvalue weighted by atomic mass is 10.3. The summed E-state index contributed by atoms with van der Waals surface area (Å²) in [4.78, 5) is 17.3. The Morgan fingerprint density at radius 2 is 2.40 bits per heavy atom. The Kier molecular flexibility index (Phi) is 2.77. The molecule has 5 nitrogen and oxygen atoms in total. The molecule has 2 rings (SSSR count). The Labute approximate surface area is 95.8 Å². The summed E-state index contributed by atoms with van der Waals surface area (Å²) in [5.74, 6) is 0.679. The number of nitrogens with one attached hydrogen (secondary N) is 1. The van der Waals surface area contributed by atoms with Crippen molar-refractivity contribution in [3.05, 3.63) is 16.7 Å². The smallest absolute Gasteiger partial charge is 0.239 e. The number of nitrogens with two attached hydrogens (primary N) is 1. The van der Waals surface area contributed by atoms with E-state index in [9.17, 15) is 4.79 Å². The Morgan fingerprint density at radius 3 is 3.07 bits per heavy atom. The highest BCUT2D eigenvalue weighted by Crippen LogP contribution is 2.23. The highest BCUT2D eigenvalue weighted by molar-refractivity contribution is 9.10. The monoisotopic (exact) mass is 270 g/mol. The van der Waals surface area contributed by atoms with Crippen molar-refractivity contribution in [1.29, 1.82) is 0 Å². The van der Waals surface area contributed by atoms with E-state index >= 15 is 0 Å². The summed E-state index contributed by atoms with van der Waals surface area (Å²) in [7, 11) is 0. The van der Waals surface area contributed by atoms with Crippen LogP contribution in [-0.4, -0.2) is 30.5 Å². The topological polar surface area (TPSA) is 71.2 Å². The van der Waals surface area contributed by atoms with Crippen LogP contribution in [0.1, 0.15) is 0 Å². The van der Waals surface area contributed by atoms with Crippen molar-refractivity contribution >= 4 is 33.3 Å². The minimum Gasteiger partial charge on any atom is -0.396 e. The van der Waals surface area contributed by atoms with Gasteiger partial charge in [-0.05, 0) is 22.0 Å². The standard InChI is InChI=1S/C9H11BrN4O/c10-6-3-7(11)9(13-4-6)14-2-1-12-8(15)5-14/h3-4H,1-2,5,11H2,(H,12,15). The maximum absolute atomic E-state index is 11.2. The highest BCUT2D eigenvalue weighted by Gasteiger charge is 2.19. The molecule has 0 aliphatic carbocycles. The average molecular weight is 271 g/mol. The molecular formula is C9H11BrN4O. The summed E-state index contributed by atoms with van der Waals surface area (Å²) >= 11 is 3.29. The fourth-order valence-corrected chi connectivity index (χ4v) is 1.88. The zero-order valence-corrected chi connectivity index (χ0v) is 9.62. The Balaban J connectivity index is 2.24. The number of piperazine rings is 1. The second-order valence-electron chi connectivity index (χ2n) is 3.34. The van der Waals surface area contributed by atoms with Crippen molar-refractivity contribution in [2.75, 3.05) is 30.3 Å². The van der Waals surface area contributed by atoms with Crippen molar-refractivity contribution < 1.29 is 4.79 Å². The molecule has 0 unspecified atom stereocenters. The predicted molar refractivity (Wildman–Crippen MR) is 61.6 cm³/mol. The third-order valence-electron chi connectivity index (χ3n) is 2.20. The van der Waals surface area contributed by atoms with Crippen molar-refractivity contribution in [1.82, 2.24) is 10.3 Å². The SMILES string of the molecule is Nc1cc(Br)cnc1N1CCNC(=O)C1. The molecule has 80 valence electrons. The lowest BCUT2D eigenvalue weighted by molar-refractivity contribution is -0.120. The van der Waals surface area contributed by atoms with Crippen LogP contribution in [0.3, 0.4) is 0 Å². The lowest BCUT2D eigenvalue weighted by Gasteiger charge is -2.28. The van der Waals surface area contributed by atoms with E-state index in [4.69, 9.17) is 5.73 Å². The Morgan fingerprint density at radius 1 is 1.60 bits per heavy atom. The Hall–Kier alpha value is -1.30. The Bertz CT molecular complexity index is 396. The van der Waals surface area contributed by atoms with E-state index in [0.29, 0.717) is 24.6 Å². The van der Waals surface area contributed by atoms with E-state index in [1.54, 1.807) is 12.3 Å². The number of amides is 1. The van der Waals surface area contributed by atoms with E-state index in [-0.39, 0.29) is 5.91 Å². The van der Waals surface area contributed by atoms with Gasteiger partial charge in [0.05, 0.1) is 12.2 Å². The number of pyridine rings is 1. The van der Waals surface area contributed by atoms with Gasteiger partial charge >= 0.3 is 0 Å². The number of anilines is 2. The molecule has 1 amide bonds. The molecule has 0 atom stereocenters. The van der Waals surface area contributed by atoms with Crippen LogP contribution in [0.5, 0.6) is 0 Å². The number of aromatic nitrogens is 1. The third kappa shape index (κ3) is 2.20. The van der Waals surface area contributed by atoms with Gasteiger partial charge < -0.3 is 16.0 Å². The maximum atomic E-state index is 11.2. The number of carbonyl (C=O) groups excluding carboxylic acids is 1. The fraction of sp³-hybridized carbons (Fsp3) is 0.333. The molecule has 3 N–H and O–H groups in total. The third-order valence-corrected chi connectivity index (χ3v) is 2.63. The van der Waals surface area contributed by atoms with Crippen molar-refractivity contribution in [3.8, 4) is 0 Å². The second-order valence-corrected chi connectivity index (χ2v) is 4.25. The minimum absolute atomic E-state index is 0.00497. The van der Waals surface area contributed by atoms with Crippen LogP contribution in [0, 0.1) is 0 Å². The number of hydrogen-bond acceptors (Lipinski definition) is 4. The normalized spacial score (nSPS) is 16.3. The number of hydrogen-bond donors (Lipinski definition) is 2. The van der Waals surface area contributed by atoms with E-state index in [1.165, 1.54) is 0 Å². The molecule has 1 aliphatic rings. The van der Waals surface area contributed by atoms with E-state index in [1.807, 2.05) is 4.90 Å². The molecule has 0 saturated carbocycles. The zero-order chi connectivity index (χ0) is 10.8. The second kappa shape index (κ2) is 4.06. The molecule has 0 radical (unpaired) electrons. The molecule has 1 aromatic rings. The first-order chi connectivity index (χ1) is 7.16. The van der Waals surface area contributed by atoms with Crippen LogP contribution in [0.15, 0.2) is 16.7 Å². The fourth-order valence-electron chi connectivity index (χ4n) is 1.53. The van der Waals surface area contributed by atoms with Gasteiger partial charge in [0.1, 0.15) is 0 Å². The number of halogens is 1. The molecular weight excluding hydrogens is 260 g/mol. The molecule has 0 bridgehead atoms. The molecule has 15 heavy (non-hydrogen) atoms. The summed E-state index contributed by atoms with van der Waals surface area (Å²) in [5, 5.41) is 2.75. The molecule has 1 saturated heterocycles. The van der Waals surface area contributed by atoms with Crippen LogP contribution in [-0.2, 0) is 4.79 Å². The van der Waals surface area contributed by atoms with E-state index < -0.39 is 0 Å². The number of nitrogens with zero attached hydrogens (tertiary/aromatic N) is 2. The quantitative estimate of drug-likeness (QED) is 0.773. The molecule has 1 fully saturated rings. The lowest BCUT2D eigenvalue weighted by Crippen LogP contribution is -2.48. The van der Waals surface area contributed by atoms with Gasteiger partial charge in [-0.25, -0.2) is 4.98 Å². The highest BCUT2D eigenvalue weighted by atomic mass is 79.9. The van der Waals surface area contributed by atoms with Gasteiger partial charge in [-0.15, -0.1) is 0 Å². The van der Waals surface area contributed by atoms with Crippen molar-refractivity contribution in [2.45, 2.75) is 0 Å². The summed E-state index contributed by atoms with van der Waals surface area (Å²) in [6.07, 6.45) is 1.68. The number of nitrogen functional groups attached to an aromatic ring is 1. The van der Waals surface area contributed by atoms with Gasteiger partial charge in [0.25, 0.3) is 0 Å². The van der Waals surface area contributed by atoms with E-state index in [0.717, 1.165) is 11.0 Å². The number of rotatable bonds is 1. The zero-order valence-electron chi connectivity index (χ0n) is 8.03. The summed E-state index contributed by atoms with van der Waals surface area (Å²) in [5.41, 5.74) is 6.41. The van der Waals surface area contributed by atoms with Gasteiger partial charge in [0.2, 0.25) is 5.91 Å². The van der Waals surface area contributed by atoms with Crippen LogP contribution < -0.4 is 16.0 Å². The van der Waals surface area contributed by atoms with Crippen LogP contribution >= 0.6 is 15.9 Å². The van der Waals surface area contributed by atoms with Gasteiger partial charge in [-0.3, -0.25) is 4.79 Å². The molecule has 2 heterocycles. The largest absolute Gasteiger partial charge is 0.396 e.